The molecule has 0 fully saturated rings. The number of hydrogen-bond acceptors (Lipinski definition) is 15. The predicted molar refractivity (Wildman–Crippen MR) is 153 cm³/mol. The van der Waals surface area contributed by atoms with Gasteiger partial charge in [-0.05, 0) is 47.5 Å². The van der Waals surface area contributed by atoms with Gasteiger partial charge in [0.15, 0.2) is 11.0 Å². The molecule has 0 aliphatic heterocycles. The number of nitrogens with zero attached hydrogens (tertiary/aromatic N) is 6. The predicted octanol–water partition coefficient (Wildman–Crippen LogP) is -7.01. The Balaban J connectivity index is 0.00000576. The number of rotatable bonds is 7. The maximum absolute atomic E-state index is 13.2. The molecule has 1 radical (unpaired) electrons. The summed E-state index contributed by atoms with van der Waals surface area (Å²) in [6.45, 7) is 0. The van der Waals surface area contributed by atoms with Gasteiger partial charge in [-0.15, -0.1) is 20.4 Å². The van der Waals surface area contributed by atoms with E-state index in [-0.39, 0.29) is 138 Å². The van der Waals surface area contributed by atoms with Crippen molar-refractivity contribution in [2.45, 2.75) is 4.90 Å². The first-order chi connectivity index (χ1) is 21.0. The summed E-state index contributed by atoms with van der Waals surface area (Å²) >= 11 is 17.7. The van der Waals surface area contributed by atoms with E-state index in [1.165, 1.54) is 12.1 Å². The molecule has 0 spiro atoms. The van der Waals surface area contributed by atoms with Crippen LogP contribution < -0.4 is 109 Å². The monoisotopic (exact) mass is 842 g/mol. The van der Waals surface area contributed by atoms with Crippen LogP contribution in [0, 0.1) is 0 Å². The fourth-order valence-electron chi connectivity index (χ4n) is 3.35. The van der Waals surface area contributed by atoms with E-state index < -0.39 is 64.4 Å². The second-order valence-corrected chi connectivity index (χ2v) is 12.2. The minimum Gasteiger partial charge on any atom is -0.883 e. The SMILES string of the molecule is O=S(=O)([O-])C1=CC(=C([O-])[O-])/C(=N/N=C(\N=Nc2cc(S(=O)(=O)[O-])cc(Nc3nc(Cl)nc(Cl)c3Cl)c2[O-])c2ccccc2)C=C1.[Cu+2].[Na+].[Na+].[Na+]. The first-order valence-electron chi connectivity index (χ1n) is 11.6. The molecule has 0 amide bonds. The molecule has 2 aromatic carbocycles. The Morgan fingerprint density at radius 3 is 2.08 bits per heavy atom. The third-order valence-corrected chi connectivity index (χ3v) is 7.92. The maximum Gasteiger partial charge on any atom is 2.00 e. The van der Waals surface area contributed by atoms with Crippen molar-refractivity contribution in [1.82, 2.24) is 9.97 Å². The molecule has 1 N–H and O–H groups in total. The summed E-state index contributed by atoms with van der Waals surface area (Å²) in [6.07, 6.45) is 2.21. The molecule has 3 aromatic rings. The van der Waals surface area contributed by atoms with Gasteiger partial charge in [-0.25, -0.2) is 21.8 Å². The van der Waals surface area contributed by atoms with Crippen LogP contribution in [-0.4, -0.2) is 47.5 Å². The van der Waals surface area contributed by atoms with Crippen LogP contribution in [-0.2, 0) is 37.3 Å². The molecule has 1 aliphatic carbocycles. The largest absolute Gasteiger partial charge is 2.00 e. The molecule has 0 bridgehead atoms. The first kappa shape index (κ1) is 48.1. The van der Waals surface area contributed by atoms with Crippen LogP contribution >= 0.6 is 34.8 Å². The Morgan fingerprint density at radius 2 is 1.51 bits per heavy atom. The van der Waals surface area contributed by atoms with Crippen LogP contribution in [0.4, 0.5) is 17.2 Å². The molecule has 0 unspecified atom stereocenters. The summed E-state index contributed by atoms with van der Waals surface area (Å²) in [7, 11) is -10.2. The van der Waals surface area contributed by atoms with Crippen molar-refractivity contribution in [2.75, 3.05) is 5.32 Å². The first-order valence-corrected chi connectivity index (χ1v) is 15.5. The van der Waals surface area contributed by atoms with Crippen LogP contribution in [0.25, 0.3) is 0 Å². The average Bonchev–Trinajstić information content (AvgIpc) is 2.96. The zero-order valence-electron chi connectivity index (χ0n) is 24.9. The number of azo groups is 1. The van der Waals surface area contributed by atoms with Crippen molar-refractivity contribution in [1.29, 1.82) is 0 Å². The summed E-state index contributed by atoms with van der Waals surface area (Å²) in [5.41, 5.74) is -2.28. The zero-order valence-corrected chi connectivity index (χ0v) is 35.7. The number of hydrogen-bond donors (Lipinski definition) is 1. The summed E-state index contributed by atoms with van der Waals surface area (Å²) in [5, 5.41) is 53.0. The fraction of sp³-hybridized carbons (Fsp3) is 0. The van der Waals surface area contributed by atoms with E-state index in [0.29, 0.717) is 18.2 Å². The Hall–Kier alpha value is -0.911. The summed E-state index contributed by atoms with van der Waals surface area (Å²) in [5.74, 6) is -3.57. The van der Waals surface area contributed by atoms with Gasteiger partial charge in [0.05, 0.1) is 21.2 Å². The topological polar surface area (TPSA) is 271 Å². The molecule has 49 heavy (non-hydrogen) atoms. The van der Waals surface area contributed by atoms with Gasteiger partial charge in [0.2, 0.25) is 11.1 Å². The third kappa shape index (κ3) is 12.9. The van der Waals surface area contributed by atoms with Crippen molar-refractivity contribution >= 4 is 83.8 Å². The van der Waals surface area contributed by atoms with Gasteiger partial charge in [0.25, 0.3) is 0 Å². The standard InChI is InChI=1S/C24H16Cl3N7O9S2.Cu.3Na/c25-18-20(26)29-24(27)30-22(18)28-16-9-13(45(41,42)43)10-17(19(16)35)32-34-21(11-4-2-1-3-5-11)33-31-15-7-6-12(44(38,39)40)8-14(15)23(36)37;;;;/h1-10,35-37H,(H,28,29,30)(H,38,39,40)(H,41,42,43);;;;/q;+2;3*+1/p-5/b31-15+,33-21-,34-32?;;;;. The van der Waals surface area contributed by atoms with Crippen LogP contribution in [0.1, 0.15) is 5.56 Å². The Morgan fingerprint density at radius 1 is 0.878 bits per heavy atom. The van der Waals surface area contributed by atoms with E-state index in [0.717, 1.165) is 12.2 Å². The van der Waals surface area contributed by atoms with E-state index in [1.54, 1.807) is 18.2 Å². The van der Waals surface area contributed by atoms with Gasteiger partial charge in [-0.3, -0.25) is 0 Å². The van der Waals surface area contributed by atoms with Crippen molar-refractivity contribution in [3.63, 3.8) is 0 Å². The molecule has 243 valence electrons. The normalized spacial score (nSPS) is 13.8. The Kier molecular flexibility index (Phi) is 20.0. The van der Waals surface area contributed by atoms with Gasteiger partial charge in [-0.1, -0.05) is 59.3 Å². The minimum absolute atomic E-state index is 0. The van der Waals surface area contributed by atoms with Crippen molar-refractivity contribution < 1.29 is 147 Å². The number of anilines is 2. The van der Waals surface area contributed by atoms with Gasteiger partial charge in [-0.2, -0.15) is 10.9 Å². The molecule has 0 atom stereocenters. The van der Waals surface area contributed by atoms with E-state index in [4.69, 9.17) is 34.8 Å². The average molecular weight is 844 g/mol. The van der Waals surface area contributed by atoms with Crippen molar-refractivity contribution in [3.8, 4) is 5.75 Å². The van der Waals surface area contributed by atoms with E-state index in [1.807, 2.05) is 0 Å². The molecule has 4 rings (SSSR count). The fourth-order valence-corrected chi connectivity index (χ4v) is 4.88. The Labute approximate surface area is 370 Å². The van der Waals surface area contributed by atoms with Crippen LogP contribution in [0.2, 0.25) is 15.5 Å². The van der Waals surface area contributed by atoms with E-state index in [9.17, 15) is 41.3 Å². The molecular weight excluding hydrogens is 833 g/mol. The third-order valence-electron chi connectivity index (χ3n) is 5.38. The van der Waals surface area contributed by atoms with E-state index >= 15 is 0 Å². The second kappa shape index (κ2) is 20.4. The summed E-state index contributed by atoms with van der Waals surface area (Å²) in [4.78, 5) is 5.62. The molecule has 16 nitrogen and oxygen atoms in total. The van der Waals surface area contributed by atoms with Crippen molar-refractivity contribution in [3.05, 3.63) is 98.1 Å². The van der Waals surface area contributed by atoms with Crippen LogP contribution in [0.15, 0.2) is 102 Å². The molecule has 1 aliphatic rings. The van der Waals surface area contributed by atoms with Gasteiger partial charge in [0, 0.05) is 11.3 Å². The number of benzene rings is 2. The molecule has 0 saturated carbocycles. The number of allylic oxidation sites excluding steroid dienone is 4. The number of halogens is 3. The molecule has 1 heterocycles. The number of nitrogens with one attached hydrogen (secondary N) is 1. The van der Waals surface area contributed by atoms with Gasteiger partial charge >= 0.3 is 106 Å². The van der Waals surface area contributed by atoms with Gasteiger partial charge in [0.1, 0.15) is 25.3 Å². The summed E-state index contributed by atoms with van der Waals surface area (Å²) < 4.78 is 69.5. The van der Waals surface area contributed by atoms with E-state index in [2.05, 4.69) is 35.7 Å². The van der Waals surface area contributed by atoms with Gasteiger partial charge < -0.3 is 29.7 Å². The van der Waals surface area contributed by atoms with Crippen LogP contribution in [0.3, 0.4) is 0 Å². The minimum atomic E-state index is -5.17. The maximum atomic E-state index is 13.2. The Bertz CT molecular complexity index is 2120. The van der Waals surface area contributed by atoms with Crippen molar-refractivity contribution in [2.24, 2.45) is 20.4 Å². The number of aromatic nitrogens is 2. The molecule has 1 aromatic heterocycles. The smallest absolute Gasteiger partial charge is 0.883 e. The number of amidine groups is 1. The quantitative estimate of drug-likeness (QED) is 0.0268. The zero-order chi connectivity index (χ0) is 33.1. The van der Waals surface area contributed by atoms with Crippen LogP contribution in [0.5, 0.6) is 5.75 Å². The molecule has 25 heteroatoms. The molecular formula is C24H11Cl3CuN7Na3O9S2. The second-order valence-electron chi connectivity index (χ2n) is 8.35. The molecule has 0 saturated heterocycles. The summed E-state index contributed by atoms with van der Waals surface area (Å²) in [6, 6.07) is 8.99.